The number of esters is 2. The summed E-state index contributed by atoms with van der Waals surface area (Å²) in [4.78, 5) is 64.5. The normalized spacial score (nSPS) is 13.1. The number of phosphoric acid groups is 2. The standard InChI is InChI=1S/C12H24O12P2.2C6H15N/c1-3-5-7-21-11(13)9(23-25(15,16)17)10(24-26(18,19)20)12(14)22-8-6-4-2;2*1-4-7(5-2)6-3/h9-10H,3-8H2,1-2H3,(H2,15,16,17)(H2,18,19,20);2*4-6H2,1-3H3/t9-,10-;;/m1../s1. The molecule has 0 heterocycles. The van der Waals surface area contributed by atoms with Gasteiger partial charge in [-0.3, -0.25) is 9.05 Å². The van der Waals surface area contributed by atoms with Crippen molar-refractivity contribution in [1.29, 1.82) is 0 Å². The summed E-state index contributed by atoms with van der Waals surface area (Å²) < 4.78 is 40.0. The maximum atomic E-state index is 12.0. The van der Waals surface area contributed by atoms with E-state index in [4.69, 9.17) is 29.0 Å². The van der Waals surface area contributed by atoms with Crippen LogP contribution in [0.5, 0.6) is 0 Å². The fraction of sp³-hybridized carbons (Fsp3) is 0.917. The first-order valence-electron chi connectivity index (χ1n) is 13.9. The van der Waals surface area contributed by atoms with Crippen molar-refractivity contribution >= 4 is 27.6 Å². The lowest BCUT2D eigenvalue weighted by Crippen LogP contribution is -2.44. The summed E-state index contributed by atoms with van der Waals surface area (Å²) in [6.07, 6.45) is -2.82. The highest BCUT2D eigenvalue weighted by molar-refractivity contribution is 7.46. The molecule has 0 fully saturated rings. The third kappa shape index (κ3) is 26.0. The first-order valence-corrected chi connectivity index (χ1v) is 16.9. The number of ether oxygens (including phenoxy) is 2. The van der Waals surface area contributed by atoms with Crippen molar-refractivity contribution in [2.45, 2.75) is 93.3 Å². The van der Waals surface area contributed by atoms with Crippen LogP contribution in [-0.2, 0) is 37.2 Å². The maximum Gasteiger partial charge on any atom is 0.470 e. The smallest absolute Gasteiger partial charge is 0.464 e. The van der Waals surface area contributed by atoms with Gasteiger partial charge in [0.05, 0.1) is 13.2 Å². The first-order chi connectivity index (χ1) is 18.6. The van der Waals surface area contributed by atoms with E-state index >= 15 is 0 Å². The second kappa shape index (κ2) is 25.8. The molecule has 0 bridgehead atoms. The molecule has 2 atom stereocenters. The van der Waals surface area contributed by atoms with Crippen LogP contribution in [0.1, 0.15) is 81.1 Å². The Morgan fingerprint density at radius 1 is 0.575 bits per heavy atom. The van der Waals surface area contributed by atoms with E-state index in [1.807, 2.05) is 0 Å². The van der Waals surface area contributed by atoms with Crippen molar-refractivity contribution in [3.05, 3.63) is 0 Å². The Balaban J connectivity index is -0.000000795. The van der Waals surface area contributed by atoms with Gasteiger partial charge >= 0.3 is 27.6 Å². The molecule has 0 amide bonds. The summed E-state index contributed by atoms with van der Waals surface area (Å²) in [7, 11) is -10.7. The van der Waals surface area contributed by atoms with E-state index in [2.05, 4.69) is 60.4 Å². The molecule has 0 aliphatic carbocycles. The second-order valence-corrected chi connectivity index (χ2v) is 10.7. The Kier molecular flexibility index (Phi) is 28.0. The minimum atomic E-state index is -5.35. The van der Waals surface area contributed by atoms with Crippen LogP contribution >= 0.6 is 15.6 Å². The molecule has 0 radical (unpaired) electrons. The number of hydrogen-bond acceptors (Lipinski definition) is 10. The lowest BCUT2D eigenvalue weighted by Gasteiger charge is -2.24. The van der Waals surface area contributed by atoms with E-state index in [1.165, 1.54) is 39.3 Å². The molecule has 0 saturated carbocycles. The maximum absolute atomic E-state index is 12.0. The molecule has 0 aromatic carbocycles. The molecule has 0 aromatic heterocycles. The summed E-state index contributed by atoms with van der Waals surface area (Å²) in [6, 6.07) is 0. The van der Waals surface area contributed by atoms with Gasteiger partial charge in [0, 0.05) is 0 Å². The van der Waals surface area contributed by atoms with Gasteiger partial charge in [0.15, 0.2) is 0 Å². The molecule has 0 saturated heterocycles. The molecule has 0 aliphatic heterocycles. The number of carbonyl (C=O) groups excluding carboxylic acids is 2. The van der Waals surface area contributed by atoms with Gasteiger partial charge in [-0.1, -0.05) is 68.2 Å². The molecule has 0 aromatic rings. The Bertz CT molecular complexity index is 654. The van der Waals surface area contributed by atoms with Gasteiger partial charge in [-0.05, 0) is 52.1 Å². The molecule has 242 valence electrons. The predicted octanol–water partition coefficient (Wildman–Crippen LogP) is 3.33. The SMILES string of the molecule is CCCCOC(=O)[C@H](OP(=O)(O)O)[C@@H](OP(=O)(O)O)C(=O)OCCCC.CCN(CC)CC.CCN(CC)CC. The summed E-state index contributed by atoms with van der Waals surface area (Å²) in [5.41, 5.74) is 0. The van der Waals surface area contributed by atoms with Crippen LogP contribution < -0.4 is 0 Å². The van der Waals surface area contributed by atoms with Gasteiger partial charge in [0.2, 0.25) is 12.2 Å². The first kappa shape index (κ1) is 43.5. The van der Waals surface area contributed by atoms with E-state index in [1.54, 1.807) is 13.8 Å². The third-order valence-corrected chi connectivity index (χ3v) is 6.41. The van der Waals surface area contributed by atoms with Crippen molar-refractivity contribution in [2.24, 2.45) is 0 Å². The van der Waals surface area contributed by atoms with Crippen molar-refractivity contribution in [2.75, 3.05) is 52.5 Å². The zero-order chi connectivity index (χ0) is 31.8. The van der Waals surface area contributed by atoms with E-state index < -0.39 is 39.8 Å². The van der Waals surface area contributed by atoms with Gasteiger partial charge in [0.1, 0.15) is 0 Å². The molecule has 14 nitrogen and oxygen atoms in total. The number of nitrogens with zero attached hydrogens (tertiary/aromatic N) is 2. The molecule has 0 spiro atoms. The number of phosphoric ester groups is 2. The Labute approximate surface area is 240 Å². The van der Waals surface area contributed by atoms with E-state index in [0.29, 0.717) is 25.7 Å². The minimum Gasteiger partial charge on any atom is -0.464 e. The number of rotatable bonds is 19. The van der Waals surface area contributed by atoms with Gasteiger partial charge in [-0.15, -0.1) is 0 Å². The quantitative estimate of drug-likeness (QED) is 0.0929. The van der Waals surface area contributed by atoms with Gasteiger partial charge in [-0.2, -0.15) is 0 Å². The highest BCUT2D eigenvalue weighted by Gasteiger charge is 2.45. The van der Waals surface area contributed by atoms with Crippen molar-refractivity contribution in [1.82, 2.24) is 9.80 Å². The van der Waals surface area contributed by atoms with Crippen LogP contribution in [0.15, 0.2) is 0 Å². The Morgan fingerprint density at radius 2 is 0.825 bits per heavy atom. The molecule has 16 heteroatoms. The molecule has 0 rings (SSSR count). The van der Waals surface area contributed by atoms with E-state index in [0.717, 1.165) is 0 Å². The number of hydrogen-bond donors (Lipinski definition) is 4. The van der Waals surface area contributed by atoms with E-state index in [9.17, 15) is 18.7 Å². The number of carbonyl (C=O) groups is 2. The molecule has 40 heavy (non-hydrogen) atoms. The van der Waals surface area contributed by atoms with Crippen molar-refractivity contribution < 1.29 is 56.8 Å². The van der Waals surface area contributed by atoms with Crippen LogP contribution in [-0.4, -0.2) is 106 Å². The highest BCUT2D eigenvalue weighted by Crippen LogP contribution is 2.43. The van der Waals surface area contributed by atoms with Crippen molar-refractivity contribution in [3.63, 3.8) is 0 Å². The van der Waals surface area contributed by atoms with E-state index in [-0.39, 0.29) is 13.2 Å². The average molecular weight is 625 g/mol. The number of unbranched alkanes of at least 4 members (excludes halogenated alkanes) is 2. The van der Waals surface area contributed by atoms with Gasteiger partial charge in [-0.25, -0.2) is 18.7 Å². The van der Waals surface area contributed by atoms with Crippen LogP contribution in [0.4, 0.5) is 0 Å². The average Bonchev–Trinajstić information content (AvgIpc) is 2.88. The summed E-state index contributed by atoms with van der Waals surface area (Å²) >= 11 is 0. The largest absolute Gasteiger partial charge is 0.470 e. The van der Waals surface area contributed by atoms with Crippen LogP contribution in [0.2, 0.25) is 0 Å². The fourth-order valence-corrected chi connectivity index (χ4v) is 3.86. The lowest BCUT2D eigenvalue weighted by atomic mass is 10.2. The van der Waals surface area contributed by atoms with Crippen molar-refractivity contribution in [3.8, 4) is 0 Å². The Hall–Kier alpha value is -0.920. The topological polar surface area (TPSA) is 193 Å². The second-order valence-electron chi connectivity index (χ2n) is 8.31. The summed E-state index contributed by atoms with van der Waals surface area (Å²) in [5.74, 6) is -2.87. The monoisotopic (exact) mass is 624 g/mol. The molecular formula is C24H54N2O12P2. The zero-order valence-corrected chi connectivity index (χ0v) is 27.3. The zero-order valence-electron chi connectivity index (χ0n) is 25.5. The predicted molar refractivity (Wildman–Crippen MR) is 152 cm³/mol. The lowest BCUT2D eigenvalue weighted by molar-refractivity contribution is -0.171. The molecule has 0 unspecified atom stereocenters. The third-order valence-electron chi connectivity index (χ3n) is 5.41. The summed E-state index contributed by atoms with van der Waals surface area (Å²) in [6.45, 7) is 23.5. The summed E-state index contributed by atoms with van der Waals surface area (Å²) in [5, 5.41) is 0. The van der Waals surface area contributed by atoms with Crippen LogP contribution in [0, 0.1) is 0 Å². The highest BCUT2D eigenvalue weighted by atomic mass is 31.2. The van der Waals surface area contributed by atoms with Gasteiger partial charge in [0.25, 0.3) is 0 Å². The van der Waals surface area contributed by atoms with Gasteiger partial charge < -0.3 is 38.8 Å². The Morgan fingerprint density at radius 3 is 0.975 bits per heavy atom. The van der Waals surface area contributed by atoms with Crippen LogP contribution in [0.25, 0.3) is 0 Å². The molecule has 4 N–H and O–H groups in total. The van der Waals surface area contributed by atoms with Crippen LogP contribution in [0.3, 0.4) is 0 Å². The fourth-order valence-electron chi connectivity index (χ4n) is 2.88. The molecular weight excluding hydrogens is 570 g/mol. The molecule has 0 aliphatic rings. The minimum absolute atomic E-state index is 0.163.